The van der Waals surface area contributed by atoms with E-state index < -0.39 is 11.8 Å². The van der Waals surface area contributed by atoms with Gasteiger partial charge in [0, 0.05) is 21.5 Å². The van der Waals surface area contributed by atoms with Gasteiger partial charge in [0.05, 0.1) is 11.8 Å². The minimum Gasteiger partial charge on any atom is -0.326 e. The number of para-hydroxylation sites is 2. The van der Waals surface area contributed by atoms with Crippen molar-refractivity contribution < 1.29 is 9.59 Å². The monoisotopic (exact) mass is 474 g/mol. The molecule has 0 saturated heterocycles. The highest BCUT2D eigenvalue weighted by Crippen LogP contribution is 2.34. The fourth-order valence-corrected chi connectivity index (χ4v) is 4.13. The number of carbonyl (C=O) groups excluding carboxylic acids is 2. The third-order valence-corrected chi connectivity index (χ3v) is 5.98. The van der Waals surface area contributed by atoms with E-state index in [0.717, 1.165) is 21.5 Å². The molecule has 3 aromatic rings. The number of carbonyl (C=O) groups is 2. The molecule has 0 aliphatic heterocycles. The molecule has 0 bridgehead atoms. The third kappa shape index (κ3) is 4.94. The van der Waals surface area contributed by atoms with Crippen molar-refractivity contribution in [2.75, 3.05) is 10.2 Å². The maximum Gasteiger partial charge on any atom is 0.235 e. The third-order valence-electron chi connectivity index (χ3n) is 5.45. The lowest BCUT2D eigenvalue weighted by molar-refractivity contribution is -0.130. The fraction of sp³-hybridized carbons (Fsp3) is 0.154. The van der Waals surface area contributed by atoms with Crippen LogP contribution in [-0.2, 0) is 9.59 Å². The zero-order chi connectivity index (χ0) is 21.6. The van der Waals surface area contributed by atoms with Gasteiger partial charge >= 0.3 is 0 Å². The van der Waals surface area contributed by atoms with Crippen molar-refractivity contribution in [3.8, 4) is 0 Å². The van der Waals surface area contributed by atoms with Crippen LogP contribution in [0.3, 0.4) is 0 Å². The van der Waals surface area contributed by atoms with Gasteiger partial charge in [0.15, 0.2) is 0 Å². The van der Waals surface area contributed by atoms with Crippen molar-refractivity contribution >= 4 is 44.8 Å². The van der Waals surface area contributed by atoms with Crippen molar-refractivity contribution in [3.05, 3.63) is 102 Å². The Morgan fingerprint density at radius 3 is 1.81 bits per heavy atom. The van der Waals surface area contributed by atoms with Gasteiger partial charge in [-0.15, -0.1) is 0 Å². The summed E-state index contributed by atoms with van der Waals surface area (Å²) in [5.41, 5.74) is 2.30. The van der Waals surface area contributed by atoms with Crippen molar-refractivity contribution in [2.45, 2.75) is 12.8 Å². The minimum absolute atomic E-state index is 0.0716. The zero-order valence-corrected chi connectivity index (χ0v) is 18.5. The van der Waals surface area contributed by atoms with E-state index in [0.29, 0.717) is 12.8 Å². The molecule has 31 heavy (non-hydrogen) atoms. The largest absolute Gasteiger partial charge is 0.326 e. The molecular formula is C26H23BrN2O2. The van der Waals surface area contributed by atoms with Gasteiger partial charge in [0.25, 0.3) is 0 Å². The summed E-state index contributed by atoms with van der Waals surface area (Å²) in [6.45, 7) is 0. The lowest BCUT2D eigenvalue weighted by atomic mass is 9.81. The number of nitrogens with one attached hydrogen (secondary N) is 1. The summed E-state index contributed by atoms with van der Waals surface area (Å²) in [4.78, 5) is 28.7. The number of halogens is 1. The van der Waals surface area contributed by atoms with E-state index in [4.69, 9.17) is 0 Å². The SMILES string of the molecule is O=C(Nc1ccc(Br)cc1)C1CC=CCC1C(=O)N(c1ccccc1)c1ccccc1. The van der Waals surface area contributed by atoms with Gasteiger partial charge in [-0.2, -0.15) is 0 Å². The molecule has 156 valence electrons. The Labute approximate surface area is 190 Å². The van der Waals surface area contributed by atoms with Crippen LogP contribution in [-0.4, -0.2) is 11.8 Å². The summed E-state index contributed by atoms with van der Waals surface area (Å²) in [5, 5.41) is 2.98. The molecule has 4 rings (SSSR count). The van der Waals surface area contributed by atoms with Crippen LogP contribution in [0.25, 0.3) is 0 Å². The first-order chi connectivity index (χ1) is 15.1. The maximum atomic E-state index is 13.8. The lowest BCUT2D eigenvalue weighted by Gasteiger charge is -2.32. The molecule has 0 aromatic heterocycles. The predicted molar refractivity (Wildman–Crippen MR) is 128 cm³/mol. The van der Waals surface area contributed by atoms with Crippen LogP contribution in [0.15, 0.2) is 102 Å². The molecule has 1 N–H and O–H groups in total. The average Bonchev–Trinajstić information content (AvgIpc) is 2.82. The second kappa shape index (κ2) is 9.75. The van der Waals surface area contributed by atoms with E-state index in [2.05, 4.69) is 21.2 Å². The Balaban J connectivity index is 1.62. The molecule has 5 heteroatoms. The molecule has 2 amide bonds. The van der Waals surface area contributed by atoms with Crippen LogP contribution in [0.4, 0.5) is 17.1 Å². The Morgan fingerprint density at radius 1 is 0.742 bits per heavy atom. The van der Waals surface area contributed by atoms with Gasteiger partial charge in [-0.1, -0.05) is 64.5 Å². The first-order valence-electron chi connectivity index (χ1n) is 10.3. The van der Waals surface area contributed by atoms with E-state index in [1.54, 1.807) is 4.90 Å². The van der Waals surface area contributed by atoms with Crippen molar-refractivity contribution in [1.29, 1.82) is 0 Å². The van der Waals surface area contributed by atoms with E-state index in [9.17, 15) is 9.59 Å². The van der Waals surface area contributed by atoms with E-state index in [1.165, 1.54) is 0 Å². The molecule has 1 aliphatic rings. The van der Waals surface area contributed by atoms with Crippen LogP contribution in [0.5, 0.6) is 0 Å². The standard InChI is InChI=1S/C26H23BrN2O2/c27-19-15-17-20(18-16-19)28-25(30)23-13-7-8-14-24(23)26(31)29(21-9-3-1-4-10-21)22-11-5-2-6-12-22/h1-12,15-18,23-24H,13-14H2,(H,28,30). The predicted octanol–water partition coefficient (Wildman–Crippen LogP) is 6.33. The molecule has 2 atom stereocenters. The highest BCUT2D eigenvalue weighted by Gasteiger charge is 2.37. The molecule has 3 aromatic carbocycles. The number of allylic oxidation sites excluding steroid dienone is 2. The summed E-state index contributed by atoms with van der Waals surface area (Å²) < 4.78 is 0.945. The number of hydrogen-bond acceptors (Lipinski definition) is 2. The Bertz CT molecular complexity index is 1030. The van der Waals surface area contributed by atoms with Gasteiger partial charge in [0.2, 0.25) is 11.8 Å². The molecule has 0 saturated carbocycles. The van der Waals surface area contributed by atoms with Gasteiger partial charge in [-0.3, -0.25) is 14.5 Å². The zero-order valence-electron chi connectivity index (χ0n) is 16.9. The molecule has 0 spiro atoms. The number of anilines is 3. The molecule has 2 unspecified atom stereocenters. The second-order valence-corrected chi connectivity index (χ2v) is 8.41. The number of amides is 2. The molecule has 4 nitrogen and oxygen atoms in total. The number of rotatable bonds is 5. The Hall–Kier alpha value is -3.18. The van der Waals surface area contributed by atoms with Gasteiger partial charge in [-0.25, -0.2) is 0 Å². The Morgan fingerprint density at radius 2 is 1.26 bits per heavy atom. The van der Waals surface area contributed by atoms with E-state index >= 15 is 0 Å². The molecule has 0 heterocycles. The lowest BCUT2D eigenvalue weighted by Crippen LogP contribution is -2.41. The number of benzene rings is 3. The molecular weight excluding hydrogens is 452 g/mol. The van der Waals surface area contributed by atoms with Gasteiger partial charge in [-0.05, 0) is 61.4 Å². The van der Waals surface area contributed by atoms with Crippen molar-refractivity contribution in [2.24, 2.45) is 11.8 Å². The first kappa shape index (κ1) is 21.1. The fourth-order valence-electron chi connectivity index (χ4n) is 3.87. The Kier molecular flexibility index (Phi) is 6.63. The normalized spacial score (nSPS) is 17.7. The quantitative estimate of drug-likeness (QED) is 0.438. The van der Waals surface area contributed by atoms with Crippen LogP contribution >= 0.6 is 15.9 Å². The first-order valence-corrected chi connectivity index (χ1v) is 11.1. The summed E-state index contributed by atoms with van der Waals surface area (Å²) in [5.74, 6) is -1.08. The van der Waals surface area contributed by atoms with Crippen molar-refractivity contribution in [3.63, 3.8) is 0 Å². The molecule has 0 fully saturated rings. The summed E-state index contributed by atoms with van der Waals surface area (Å²) in [6.07, 6.45) is 5.06. The van der Waals surface area contributed by atoms with Gasteiger partial charge < -0.3 is 5.32 Å². The van der Waals surface area contributed by atoms with E-state index in [-0.39, 0.29) is 11.8 Å². The van der Waals surface area contributed by atoms with Crippen LogP contribution < -0.4 is 10.2 Å². The number of nitrogens with zero attached hydrogens (tertiary/aromatic N) is 1. The van der Waals surface area contributed by atoms with Crippen LogP contribution in [0.1, 0.15) is 12.8 Å². The topological polar surface area (TPSA) is 49.4 Å². The average molecular weight is 475 g/mol. The second-order valence-electron chi connectivity index (χ2n) is 7.50. The smallest absolute Gasteiger partial charge is 0.235 e. The highest BCUT2D eigenvalue weighted by molar-refractivity contribution is 9.10. The highest BCUT2D eigenvalue weighted by atomic mass is 79.9. The summed E-state index contributed by atoms with van der Waals surface area (Å²) in [6, 6.07) is 26.6. The maximum absolute atomic E-state index is 13.8. The molecule has 1 aliphatic carbocycles. The van der Waals surface area contributed by atoms with Crippen molar-refractivity contribution in [1.82, 2.24) is 0 Å². The molecule has 0 radical (unpaired) electrons. The van der Waals surface area contributed by atoms with Gasteiger partial charge in [0.1, 0.15) is 0 Å². The number of hydrogen-bond donors (Lipinski definition) is 1. The summed E-state index contributed by atoms with van der Waals surface area (Å²) >= 11 is 3.41. The minimum atomic E-state index is -0.444. The summed E-state index contributed by atoms with van der Waals surface area (Å²) in [7, 11) is 0. The van der Waals surface area contributed by atoms with Crippen LogP contribution in [0.2, 0.25) is 0 Å². The van der Waals surface area contributed by atoms with Crippen LogP contribution in [0, 0.1) is 11.8 Å². The van der Waals surface area contributed by atoms with E-state index in [1.807, 2.05) is 97.1 Å².